The zero-order chi connectivity index (χ0) is 14.7. The Morgan fingerprint density at radius 1 is 1.40 bits per heavy atom. The molecular formula is C15H26N4O. The maximum Gasteiger partial charge on any atom is 0.137 e. The fourth-order valence-corrected chi connectivity index (χ4v) is 2.85. The highest BCUT2D eigenvalue weighted by Gasteiger charge is 2.29. The molecule has 0 spiro atoms. The summed E-state index contributed by atoms with van der Waals surface area (Å²) in [6.45, 7) is 11.0. The zero-order valence-electron chi connectivity index (χ0n) is 12.9. The number of hydrogen-bond acceptors (Lipinski definition) is 5. The summed E-state index contributed by atoms with van der Waals surface area (Å²) >= 11 is 0. The summed E-state index contributed by atoms with van der Waals surface area (Å²) in [5.41, 5.74) is 1.18. The predicted octanol–water partition coefficient (Wildman–Crippen LogP) is 2.24. The Morgan fingerprint density at radius 3 is 2.70 bits per heavy atom. The van der Waals surface area contributed by atoms with Crippen LogP contribution < -0.4 is 10.2 Å². The SMILES string of the molecule is CCNc1ncnc(N2CCC(C(C)O)C2)c1C(C)C. The van der Waals surface area contributed by atoms with E-state index >= 15 is 0 Å². The minimum atomic E-state index is -0.252. The molecule has 5 nitrogen and oxygen atoms in total. The van der Waals surface area contributed by atoms with Crippen molar-refractivity contribution in [3.63, 3.8) is 0 Å². The zero-order valence-corrected chi connectivity index (χ0v) is 12.9. The first kappa shape index (κ1) is 15.0. The van der Waals surface area contributed by atoms with E-state index in [9.17, 15) is 5.11 Å². The number of nitrogens with zero attached hydrogens (tertiary/aromatic N) is 3. The summed E-state index contributed by atoms with van der Waals surface area (Å²) in [5, 5.41) is 13.1. The van der Waals surface area contributed by atoms with Crippen LogP contribution in [0.1, 0.15) is 45.6 Å². The molecule has 20 heavy (non-hydrogen) atoms. The Balaban J connectivity index is 2.29. The fraction of sp³-hybridized carbons (Fsp3) is 0.733. The van der Waals surface area contributed by atoms with Crippen molar-refractivity contribution in [3.05, 3.63) is 11.9 Å². The van der Waals surface area contributed by atoms with Gasteiger partial charge in [-0.15, -0.1) is 0 Å². The van der Waals surface area contributed by atoms with Gasteiger partial charge in [-0.3, -0.25) is 0 Å². The number of aliphatic hydroxyl groups is 1. The topological polar surface area (TPSA) is 61.3 Å². The molecule has 1 aromatic rings. The lowest BCUT2D eigenvalue weighted by atomic mass is 10.0. The maximum absolute atomic E-state index is 9.76. The van der Waals surface area contributed by atoms with Gasteiger partial charge in [-0.05, 0) is 26.2 Å². The summed E-state index contributed by atoms with van der Waals surface area (Å²) < 4.78 is 0. The van der Waals surface area contributed by atoms with Gasteiger partial charge in [0.2, 0.25) is 0 Å². The van der Waals surface area contributed by atoms with Crippen LogP contribution in [0.4, 0.5) is 11.6 Å². The summed E-state index contributed by atoms with van der Waals surface area (Å²) in [6, 6.07) is 0. The molecule has 2 rings (SSSR count). The first-order valence-electron chi connectivity index (χ1n) is 7.56. The number of aromatic nitrogens is 2. The van der Waals surface area contributed by atoms with Gasteiger partial charge in [0.1, 0.15) is 18.0 Å². The third-order valence-electron chi connectivity index (χ3n) is 3.99. The number of aliphatic hydroxyl groups excluding tert-OH is 1. The van der Waals surface area contributed by atoms with Crippen LogP contribution in [0.5, 0.6) is 0 Å². The second-order valence-electron chi connectivity index (χ2n) is 5.88. The molecule has 5 heteroatoms. The third kappa shape index (κ3) is 3.03. The van der Waals surface area contributed by atoms with Crippen LogP contribution in [0.25, 0.3) is 0 Å². The molecule has 0 radical (unpaired) electrons. The molecule has 1 saturated heterocycles. The van der Waals surface area contributed by atoms with E-state index in [1.54, 1.807) is 6.33 Å². The number of anilines is 2. The minimum absolute atomic E-state index is 0.252. The maximum atomic E-state index is 9.76. The molecule has 1 aromatic heterocycles. The summed E-state index contributed by atoms with van der Waals surface area (Å²) in [7, 11) is 0. The lowest BCUT2D eigenvalue weighted by Gasteiger charge is -2.24. The molecule has 0 bridgehead atoms. The van der Waals surface area contributed by atoms with Gasteiger partial charge in [-0.25, -0.2) is 9.97 Å². The average molecular weight is 278 g/mol. The standard InChI is InChI=1S/C15H26N4O/c1-5-16-14-13(10(2)3)15(18-9-17-14)19-7-6-12(8-19)11(4)20/h9-12,20H,5-8H2,1-4H3,(H,16,17,18). The highest BCUT2D eigenvalue weighted by Crippen LogP contribution is 2.34. The molecule has 0 aliphatic carbocycles. The van der Waals surface area contributed by atoms with E-state index in [0.29, 0.717) is 11.8 Å². The predicted molar refractivity (Wildman–Crippen MR) is 82.3 cm³/mol. The third-order valence-corrected chi connectivity index (χ3v) is 3.99. The van der Waals surface area contributed by atoms with Crippen LogP contribution in [0.2, 0.25) is 0 Å². The van der Waals surface area contributed by atoms with Gasteiger partial charge in [0, 0.05) is 31.1 Å². The van der Waals surface area contributed by atoms with Crippen molar-refractivity contribution in [1.82, 2.24) is 9.97 Å². The van der Waals surface area contributed by atoms with E-state index in [1.807, 2.05) is 6.92 Å². The van der Waals surface area contributed by atoms with Gasteiger partial charge in [-0.2, -0.15) is 0 Å². The second kappa shape index (κ2) is 6.39. The highest BCUT2D eigenvalue weighted by atomic mass is 16.3. The van der Waals surface area contributed by atoms with Crippen LogP contribution in [0.15, 0.2) is 6.33 Å². The van der Waals surface area contributed by atoms with E-state index in [-0.39, 0.29) is 6.10 Å². The number of hydrogen-bond donors (Lipinski definition) is 2. The second-order valence-corrected chi connectivity index (χ2v) is 5.88. The monoisotopic (exact) mass is 278 g/mol. The molecule has 1 fully saturated rings. The van der Waals surface area contributed by atoms with Crippen molar-refractivity contribution in [3.8, 4) is 0 Å². The Hall–Kier alpha value is -1.36. The van der Waals surface area contributed by atoms with Crippen molar-refractivity contribution in [1.29, 1.82) is 0 Å². The molecule has 2 heterocycles. The van der Waals surface area contributed by atoms with Crippen LogP contribution in [-0.4, -0.2) is 40.8 Å². The lowest BCUT2D eigenvalue weighted by molar-refractivity contribution is 0.136. The van der Waals surface area contributed by atoms with Gasteiger partial charge >= 0.3 is 0 Å². The molecule has 1 aliphatic heterocycles. The Labute approximate surface area is 121 Å². The summed E-state index contributed by atoms with van der Waals surface area (Å²) in [6.07, 6.45) is 2.41. The minimum Gasteiger partial charge on any atom is -0.393 e. The molecule has 2 N–H and O–H groups in total. The molecule has 2 unspecified atom stereocenters. The van der Waals surface area contributed by atoms with Gasteiger partial charge in [0.15, 0.2) is 0 Å². The normalized spacial score (nSPS) is 20.5. The van der Waals surface area contributed by atoms with Crippen molar-refractivity contribution in [2.45, 2.75) is 46.1 Å². The van der Waals surface area contributed by atoms with Crippen molar-refractivity contribution in [2.75, 3.05) is 29.9 Å². The van der Waals surface area contributed by atoms with E-state index in [0.717, 1.165) is 37.7 Å². The number of nitrogens with one attached hydrogen (secondary N) is 1. The molecule has 2 atom stereocenters. The molecule has 0 saturated carbocycles. The van der Waals surface area contributed by atoms with Crippen molar-refractivity contribution < 1.29 is 5.11 Å². The van der Waals surface area contributed by atoms with Crippen LogP contribution >= 0.6 is 0 Å². The van der Waals surface area contributed by atoms with Crippen LogP contribution in [-0.2, 0) is 0 Å². The van der Waals surface area contributed by atoms with E-state index in [4.69, 9.17) is 0 Å². The smallest absolute Gasteiger partial charge is 0.137 e. The first-order valence-corrected chi connectivity index (χ1v) is 7.56. The largest absolute Gasteiger partial charge is 0.393 e. The fourth-order valence-electron chi connectivity index (χ4n) is 2.85. The van der Waals surface area contributed by atoms with Gasteiger partial charge in [-0.1, -0.05) is 13.8 Å². The Bertz CT molecular complexity index is 447. The average Bonchev–Trinajstić information content (AvgIpc) is 2.88. The summed E-state index contributed by atoms with van der Waals surface area (Å²) in [4.78, 5) is 11.2. The summed E-state index contributed by atoms with van der Waals surface area (Å²) in [5.74, 6) is 2.67. The molecular weight excluding hydrogens is 252 g/mol. The van der Waals surface area contributed by atoms with Gasteiger partial charge < -0.3 is 15.3 Å². The Kier molecular flexibility index (Phi) is 4.81. The molecule has 112 valence electrons. The van der Waals surface area contributed by atoms with Crippen molar-refractivity contribution in [2.24, 2.45) is 5.92 Å². The Morgan fingerprint density at radius 2 is 2.15 bits per heavy atom. The quantitative estimate of drug-likeness (QED) is 0.865. The highest BCUT2D eigenvalue weighted by molar-refractivity contribution is 5.60. The van der Waals surface area contributed by atoms with E-state index in [2.05, 4.69) is 41.0 Å². The number of rotatable bonds is 5. The van der Waals surface area contributed by atoms with Crippen molar-refractivity contribution >= 4 is 11.6 Å². The van der Waals surface area contributed by atoms with E-state index in [1.165, 1.54) is 5.56 Å². The molecule has 1 aliphatic rings. The first-order chi connectivity index (χ1) is 9.54. The van der Waals surface area contributed by atoms with Gasteiger partial charge in [0.25, 0.3) is 0 Å². The van der Waals surface area contributed by atoms with Gasteiger partial charge in [0.05, 0.1) is 6.10 Å². The van der Waals surface area contributed by atoms with E-state index < -0.39 is 0 Å². The lowest BCUT2D eigenvalue weighted by Crippen LogP contribution is -2.26. The van der Waals surface area contributed by atoms with Crippen LogP contribution in [0.3, 0.4) is 0 Å². The molecule has 0 aromatic carbocycles. The molecule has 0 amide bonds. The van der Waals surface area contributed by atoms with Crippen LogP contribution in [0, 0.1) is 5.92 Å².